The molecule has 1 aliphatic carbocycles. The van der Waals surface area contributed by atoms with Crippen molar-refractivity contribution in [3.63, 3.8) is 0 Å². The van der Waals surface area contributed by atoms with Crippen molar-refractivity contribution >= 4 is 27.5 Å². The summed E-state index contributed by atoms with van der Waals surface area (Å²) < 4.78 is 91.5. The fraction of sp³-hybridized carbons (Fsp3) is 0.350. The number of aliphatic imine (C=N–C) groups is 1. The van der Waals surface area contributed by atoms with Crippen LogP contribution >= 0.6 is 11.6 Å². The number of halogens is 5. The first kappa shape index (κ1) is 26.6. The molecule has 0 spiro atoms. The molecule has 1 unspecified atom stereocenters. The minimum absolute atomic E-state index is 0.0622. The van der Waals surface area contributed by atoms with Crippen LogP contribution in [0.4, 0.5) is 17.6 Å². The number of sulfonamides is 1. The zero-order chi connectivity index (χ0) is 25.9. The van der Waals surface area contributed by atoms with Crippen LogP contribution in [0.15, 0.2) is 58.2 Å². The lowest BCUT2D eigenvalue weighted by molar-refractivity contribution is -0.149. The van der Waals surface area contributed by atoms with Gasteiger partial charge < -0.3 is 19.4 Å². The van der Waals surface area contributed by atoms with Crippen LogP contribution in [0.1, 0.15) is 6.42 Å². The summed E-state index contributed by atoms with van der Waals surface area (Å²) in [7, 11) is -3.11. The molecular weight excluding hydrogens is 522 g/mol. The van der Waals surface area contributed by atoms with E-state index in [2.05, 4.69) is 9.71 Å². The number of allylic oxidation sites excluding steroid dienone is 3. The first-order valence-corrected chi connectivity index (χ1v) is 11.7. The minimum Gasteiger partial charge on any atom is -0.493 e. The van der Waals surface area contributed by atoms with E-state index in [1.54, 1.807) is 0 Å². The van der Waals surface area contributed by atoms with Crippen molar-refractivity contribution in [3.05, 3.63) is 59.0 Å². The van der Waals surface area contributed by atoms with Crippen molar-refractivity contribution in [1.29, 1.82) is 0 Å². The predicted molar refractivity (Wildman–Crippen MR) is 117 cm³/mol. The minimum atomic E-state index is -4.79. The van der Waals surface area contributed by atoms with E-state index in [0.29, 0.717) is 6.08 Å². The van der Waals surface area contributed by atoms with Gasteiger partial charge in [-0.1, -0.05) is 12.2 Å². The second-order valence-electron chi connectivity index (χ2n) is 7.11. The summed E-state index contributed by atoms with van der Waals surface area (Å²) in [5.41, 5.74) is 0. The molecule has 1 aliphatic heterocycles. The maximum absolute atomic E-state index is 13.7. The van der Waals surface area contributed by atoms with Gasteiger partial charge in [-0.25, -0.2) is 17.8 Å². The smallest absolute Gasteiger partial charge is 0.411 e. The molecule has 192 valence electrons. The number of ether oxygens (including phenoxy) is 2. The molecule has 3 rings (SSSR count). The van der Waals surface area contributed by atoms with Gasteiger partial charge in [0.25, 0.3) is 10.0 Å². The highest BCUT2D eigenvalue weighted by molar-refractivity contribution is 7.93. The second kappa shape index (κ2) is 10.3. The van der Waals surface area contributed by atoms with Crippen molar-refractivity contribution in [3.8, 4) is 11.5 Å². The lowest BCUT2D eigenvalue weighted by atomic mass is 9.99. The first-order valence-electron chi connectivity index (χ1n) is 9.85. The van der Waals surface area contributed by atoms with Crippen LogP contribution in [0.25, 0.3) is 0 Å². The van der Waals surface area contributed by atoms with Crippen LogP contribution in [-0.4, -0.2) is 62.5 Å². The summed E-state index contributed by atoms with van der Waals surface area (Å²) in [5, 5.41) is 9.89. The number of alkyl halides is 4. The third kappa shape index (κ3) is 6.18. The molecule has 0 bridgehead atoms. The fourth-order valence-electron chi connectivity index (χ4n) is 2.89. The molecule has 15 heteroatoms. The van der Waals surface area contributed by atoms with Crippen LogP contribution in [-0.2, 0) is 14.8 Å². The van der Waals surface area contributed by atoms with E-state index >= 15 is 0 Å². The Morgan fingerprint density at radius 3 is 2.66 bits per heavy atom. The summed E-state index contributed by atoms with van der Waals surface area (Å²) in [6, 6.07) is 3.41. The molecule has 2 N–H and O–H groups in total. The fourth-order valence-corrected chi connectivity index (χ4v) is 4.13. The molecule has 0 aromatic heterocycles. The molecule has 0 radical (unpaired) electrons. The van der Waals surface area contributed by atoms with E-state index in [-0.39, 0.29) is 43.1 Å². The molecule has 1 aromatic rings. The van der Waals surface area contributed by atoms with Crippen molar-refractivity contribution in [2.24, 2.45) is 4.99 Å². The van der Waals surface area contributed by atoms with Gasteiger partial charge >= 0.3 is 6.18 Å². The van der Waals surface area contributed by atoms with E-state index in [9.17, 15) is 26.0 Å². The summed E-state index contributed by atoms with van der Waals surface area (Å²) in [6.45, 7) is -0.814. The van der Waals surface area contributed by atoms with E-state index in [4.69, 9.17) is 31.0 Å². The highest BCUT2D eigenvalue weighted by Gasteiger charge is 2.52. The Morgan fingerprint density at radius 2 is 2.06 bits per heavy atom. The Hall–Kier alpha value is -2.97. The summed E-state index contributed by atoms with van der Waals surface area (Å²) in [4.78, 5) is 6.42. The van der Waals surface area contributed by atoms with E-state index in [1.165, 1.54) is 13.2 Å². The van der Waals surface area contributed by atoms with Gasteiger partial charge in [-0.05, 0) is 24.6 Å². The normalized spacial score (nSPS) is 20.5. The van der Waals surface area contributed by atoms with E-state index in [0.717, 1.165) is 35.4 Å². The number of aliphatic hydroxyl groups excluding tert-OH is 1. The van der Waals surface area contributed by atoms with Crippen LogP contribution in [0.5, 0.6) is 11.5 Å². The maximum atomic E-state index is 13.7. The number of aliphatic hydroxyl groups is 1. The largest absolute Gasteiger partial charge is 0.493 e. The zero-order valence-electron chi connectivity index (χ0n) is 18.1. The van der Waals surface area contributed by atoms with Gasteiger partial charge in [-0.3, -0.25) is 4.72 Å². The number of benzene rings is 1. The van der Waals surface area contributed by atoms with Gasteiger partial charge in [0, 0.05) is 12.1 Å². The molecule has 35 heavy (non-hydrogen) atoms. The topological polar surface area (TPSA) is 110 Å². The zero-order valence-corrected chi connectivity index (χ0v) is 19.6. The lowest BCUT2D eigenvalue weighted by Gasteiger charge is -2.30. The van der Waals surface area contributed by atoms with Gasteiger partial charge in [0.15, 0.2) is 28.9 Å². The van der Waals surface area contributed by atoms with Gasteiger partial charge in [0.2, 0.25) is 5.90 Å². The summed E-state index contributed by atoms with van der Waals surface area (Å²) in [5.74, 6) is -0.962. The summed E-state index contributed by atoms with van der Waals surface area (Å²) >= 11 is 5.57. The van der Waals surface area contributed by atoms with Crippen molar-refractivity contribution in [2.75, 3.05) is 27.0 Å². The Kier molecular flexibility index (Phi) is 7.87. The molecule has 9 nitrogen and oxygen atoms in total. The third-order valence-electron chi connectivity index (χ3n) is 4.69. The number of hydrogen-bond donors (Lipinski definition) is 2. The van der Waals surface area contributed by atoms with Gasteiger partial charge in [0.1, 0.15) is 12.4 Å². The molecule has 1 heterocycles. The number of nitrogens with one attached hydrogen (secondary N) is 1. The average molecular weight is 542 g/mol. The number of methoxy groups -OCH3 is 1. The monoisotopic (exact) mass is 541 g/mol. The van der Waals surface area contributed by atoms with E-state index in [1.807, 2.05) is 0 Å². The molecule has 0 saturated heterocycles. The first-order chi connectivity index (χ1) is 16.4. The quantitative estimate of drug-likeness (QED) is 0.385. The molecule has 0 fully saturated rings. The maximum Gasteiger partial charge on any atom is 0.411 e. The Bertz CT molecular complexity index is 1190. The van der Waals surface area contributed by atoms with Crippen LogP contribution < -0.4 is 14.3 Å². The predicted octanol–water partition coefficient (Wildman–Crippen LogP) is 2.95. The number of hydrogen-bond acceptors (Lipinski definition) is 8. The molecule has 0 amide bonds. The summed E-state index contributed by atoms with van der Waals surface area (Å²) in [6.07, 6.45) is -2.34. The molecule has 2 aliphatic rings. The number of nitrogens with zero attached hydrogens (tertiary/aromatic N) is 2. The van der Waals surface area contributed by atoms with Crippen LogP contribution in [0.3, 0.4) is 0 Å². The molecule has 0 saturated carbocycles. The van der Waals surface area contributed by atoms with Crippen molar-refractivity contribution in [2.45, 2.75) is 17.5 Å². The lowest BCUT2D eigenvalue weighted by Crippen LogP contribution is -2.42. The standard InChI is InChI=1S/C20H20ClF4N3O6S/c1-32-15-3-2-13(22)10-16(15)34-28-12-26-18(33-9-8-29)11-17(28)27-35(30,31)14-4-6-19(21,7-5-14)20(23,24)25/h2-6,10-11,27,29H,7-9,12H2,1H3. The number of hydroxylamine groups is 2. The molecule has 1 atom stereocenters. The van der Waals surface area contributed by atoms with Gasteiger partial charge in [0.05, 0.1) is 18.6 Å². The SMILES string of the molecule is COc1ccc(F)cc1ON1CN=C(OCCO)C=C1NS(=O)(=O)C1=CCC(Cl)(C(F)(F)F)C=C1. The third-order valence-corrected chi connectivity index (χ3v) is 6.59. The van der Waals surface area contributed by atoms with E-state index < -0.39 is 38.2 Å². The van der Waals surface area contributed by atoms with Gasteiger partial charge in [-0.15, -0.1) is 11.6 Å². The average Bonchev–Trinajstić information content (AvgIpc) is 2.78. The van der Waals surface area contributed by atoms with Crippen LogP contribution in [0, 0.1) is 5.82 Å². The Labute approximate surface area is 202 Å². The van der Waals surface area contributed by atoms with Crippen molar-refractivity contribution < 1.29 is 45.4 Å². The Morgan fingerprint density at radius 1 is 1.31 bits per heavy atom. The van der Waals surface area contributed by atoms with Gasteiger partial charge in [-0.2, -0.15) is 18.2 Å². The van der Waals surface area contributed by atoms with Crippen LogP contribution in [0.2, 0.25) is 0 Å². The number of rotatable bonds is 8. The Balaban J connectivity index is 1.87. The van der Waals surface area contributed by atoms with Crippen molar-refractivity contribution in [1.82, 2.24) is 9.79 Å². The molecular formula is C20H20ClF4N3O6S. The highest BCUT2D eigenvalue weighted by atomic mass is 35.5. The highest BCUT2D eigenvalue weighted by Crippen LogP contribution is 2.43. The molecule has 1 aromatic carbocycles. The second-order valence-corrected chi connectivity index (χ2v) is 9.47.